The van der Waals surface area contributed by atoms with Gasteiger partial charge in [-0.25, -0.2) is 0 Å². The van der Waals surface area contributed by atoms with E-state index in [0.29, 0.717) is 12.1 Å². The summed E-state index contributed by atoms with van der Waals surface area (Å²) in [5, 5.41) is 2.87. The summed E-state index contributed by atoms with van der Waals surface area (Å²) in [5.41, 5.74) is 7.10. The van der Waals surface area contributed by atoms with Crippen molar-refractivity contribution in [2.45, 2.75) is 19.3 Å². The Morgan fingerprint density at radius 1 is 1.24 bits per heavy atom. The second kappa shape index (κ2) is 5.68. The normalized spacial score (nSPS) is 16.0. The molecule has 0 atom stereocenters. The third-order valence-electron chi connectivity index (χ3n) is 3.05. The first-order valence-corrected chi connectivity index (χ1v) is 6.12. The molecule has 1 aliphatic heterocycles. The van der Waals surface area contributed by atoms with E-state index in [1.807, 2.05) is 12.1 Å². The average molecular weight is 233 g/mol. The Morgan fingerprint density at radius 2 is 1.88 bits per heavy atom. The number of hydrogen-bond acceptors (Lipinski definition) is 3. The van der Waals surface area contributed by atoms with Gasteiger partial charge in [-0.05, 0) is 50.2 Å². The number of carbonyl (C=O) groups excluding carboxylic acids is 1. The number of amides is 1. The average Bonchev–Trinajstić information content (AvgIpc) is 2.83. The summed E-state index contributed by atoms with van der Waals surface area (Å²) >= 11 is 0. The van der Waals surface area contributed by atoms with Crippen molar-refractivity contribution < 1.29 is 4.79 Å². The predicted octanol–water partition coefficient (Wildman–Crippen LogP) is 1.69. The van der Waals surface area contributed by atoms with E-state index in [1.165, 1.54) is 12.8 Å². The molecule has 0 saturated carbocycles. The van der Waals surface area contributed by atoms with Crippen molar-refractivity contribution in [1.29, 1.82) is 0 Å². The lowest BCUT2D eigenvalue weighted by Gasteiger charge is -2.13. The predicted molar refractivity (Wildman–Crippen MR) is 69.8 cm³/mol. The Morgan fingerprint density at radius 3 is 2.53 bits per heavy atom. The van der Waals surface area contributed by atoms with E-state index in [0.717, 1.165) is 25.3 Å². The third-order valence-corrected chi connectivity index (χ3v) is 3.05. The first-order valence-electron chi connectivity index (χ1n) is 6.12. The van der Waals surface area contributed by atoms with Crippen LogP contribution in [0, 0.1) is 0 Å². The highest BCUT2D eigenvalue weighted by molar-refractivity contribution is 5.90. The summed E-state index contributed by atoms with van der Waals surface area (Å²) in [4.78, 5) is 14.0. The van der Waals surface area contributed by atoms with Crippen LogP contribution in [0.25, 0.3) is 0 Å². The minimum absolute atomic E-state index is 0.0710. The smallest absolute Gasteiger partial charge is 0.225 e. The van der Waals surface area contributed by atoms with Crippen LogP contribution in [0.3, 0.4) is 0 Å². The number of carbonyl (C=O) groups is 1. The highest BCUT2D eigenvalue weighted by atomic mass is 16.1. The largest absolute Gasteiger partial charge is 0.399 e. The molecule has 1 heterocycles. The second-order valence-corrected chi connectivity index (χ2v) is 4.47. The first kappa shape index (κ1) is 11.9. The number of hydrogen-bond donors (Lipinski definition) is 2. The molecule has 0 spiro atoms. The van der Waals surface area contributed by atoms with Gasteiger partial charge in [0.15, 0.2) is 0 Å². The molecule has 4 nitrogen and oxygen atoms in total. The van der Waals surface area contributed by atoms with Gasteiger partial charge in [0, 0.05) is 24.3 Å². The van der Waals surface area contributed by atoms with E-state index in [4.69, 9.17) is 5.73 Å². The van der Waals surface area contributed by atoms with Crippen molar-refractivity contribution in [1.82, 2.24) is 4.90 Å². The van der Waals surface area contributed by atoms with Gasteiger partial charge in [0.25, 0.3) is 0 Å². The highest BCUT2D eigenvalue weighted by Crippen LogP contribution is 2.11. The molecule has 0 radical (unpaired) electrons. The lowest BCUT2D eigenvalue weighted by molar-refractivity contribution is -0.116. The number of likely N-dealkylation sites (tertiary alicyclic amines) is 1. The molecule has 4 heteroatoms. The van der Waals surface area contributed by atoms with Crippen LogP contribution >= 0.6 is 0 Å². The first-order chi connectivity index (χ1) is 8.24. The summed E-state index contributed by atoms with van der Waals surface area (Å²) in [7, 11) is 0. The van der Waals surface area contributed by atoms with Gasteiger partial charge in [-0.2, -0.15) is 0 Å². The van der Waals surface area contributed by atoms with Crippen LogP contribution in [-0.4, -0.2) is 30.4 Å². The van der Waals surface area contributed by atoms with E-state index in [1.54, 1.807) is 12.1 Å². The van der Waals surface area contributed by atoms with E-state index >= 15 is 0 Å². The molecule has 0 bridgehead atoms. The summed E-state index contributed by atoms with van der Waals surface area (Å²) in [6.45, 7) is 3.13. The van der Waals surface area contributed by atoms with Crippen LogP contribution < -0.4 is 11.1 Å². The number of anilines is 2. The summed E-state index contributed by atoms with van der Waals surface area (Å²) in [6.07, 6.45) is 3.09. The van der Waals surface area contributed by atoms with Crippen LogP contribution in [0.2, 0.25) is 0 Å². The Labute approximate surface area is 102 Å². The molecule has 92 valence electrons. The summed E-state index contributed by atoms with van der Waals surface area (Å²) in [5.74, 6) is 0.0710. The molecule has 2 rings (SSSR count). The molecule has 1 aliphatic rings. The lowest BCUT2D eigenvalue weighted by Crippen LogP contribution is -2.25. The Hall–Kier alpha value is -1.55. The fraction of sp³-hybridized carbons (Fsp3) is 0.462. The molecular weight excluding hydrogens is 214 g/mol. The molecular formula is C13H19N3O. The van der Waals surface area contributed by atoms with Gasteiger partial charge >= 0.3 is 0 Å². The van der Waals surface area contributed by atoms with Crippen LogP contribution in [0.4, 0.5) is 11.4 Å². The van der Waals surface area contributed by atoms with Gasteiger partial charge in [-0.1, -0.05) is 0 Å². The van der Waals surface area contributed by atoms with Crippen LogP contribution in [0.5, 0.6) is 0 Å². The number of nitrogens with zero attached hydrogens (tertiary/aromatic N) is 1. The zero-order valence-electron chi connectivity index (χ0n) is 9.98. The quantitative estimate of drug-likeness (QED) is 0.778. The van der Waals surface area contributed by atoms with Crippen LogP contribution in [-0.2, 0) is 4.79 Å². The third kappa shape index (κ3) is 3.75. The van der Waals surface area contributed by atoms with Gasteiger partial charge in [0.2, 0.25) is 5.91 Å². The number of benzene rings is 1. The second-order valence-electron chi connectivity index (χ2n) is 4.47. The standard InChI is InChI=1S/C13H19N3O/c14-11-3-5-12(6-4-11)15-13(17)7-10-16-8-1-2-9-16/h3-6H,1-2,7-10,14H2,(H,15,17). The number of nitrogens with one attached hydrogen (secondary N) is 1. The minimum atomic E-state index is 0.0710. The molecule has 1 aromatic rings. The van der Waals surface area contributed by atoms with Crippen molar-refractivity contribution in [2.75, 3.05) is 30.7 Å². The molecule has 1 amide bonds. The zero-order chi connectivity index (χ0) is 12.1. The van der Waals surface area contributed by atoms with Crippen molar-refractivity contribution in [3.05, 3.63) is 24.3 Å². The zero-order valence-corrected chi connectivity index (χ0v) is 9.98. The topological polar surface area (TPSA) is 58.4 Å². The molecule has 0 unspecified atom stereocenters. The van der Waals surface area contributed by atoms with Crippen molar-refractivity contribution >= 4 is 17.3 Å². The number of rotatable bonds is 4. The minimum Gasteiger partial charge on any atom is -0.399 e. The maximum atomic E-state index is 11.7. The maximum Gasteiger partial charge on any atom is 0.225 e. The SMILES string of the molecule is Nc1ccc(NC(=O)CCN2CCCC2)cc1. The van der Waals surface area contributed by atoms with Gasteiger partial charge < -0.3 is 16.0 Å². The van der Waals surface area contributed by atoms with Gasteiger partial charge in [0.05, 0.1) is 0 Å². The van der Waals surface area contributed by atoms with Crippen molar-refractivity contribution in [3.63, 3.8) is 0 Å². The Kier molecular flexibility index (Phi) is 3.98. The van der Waals surface area contributed by atoms with Gasteiger partial charge in [0.1, 0.15) is 0 Å². The van der Waals surface area contributed by atoms with Crippen LogP contribution in [0.15, 0.2) is 24.3 Å². The molecule has 17 heavy (non-hydrogen) atoms. The molecule has 1 fully saturated rings. The number of nitrogen functional groups attached to an aromatic ring is 1. The fourth-order valence-corrected chi connectivity index (χ4v) is 2.06. The lowest BCUT2D eigenvalue weighted by atomic mass is 10.2. The monoisotopic (exact) mass is 233 g/mol. The van der Waals surface area contributed by atoms with Crippen LogP contribution in [0.1, 0.15) is 19.3 Å². The van der Waals surface area contributed by atoms with E-state index in [9.17, 15) is 4.79 Å². The maximum absolute atomic E-state index is 11.7. The van der Waals surface area contributed by atoms with E-state index in [-0.39, 0.29) is 5.91 Å². The molecule has 1 saturated heterocycles. The van der Waals surface area contributed by atoms with Crippen molar-refractivity contribution in [2.24, 2.45) is 0 Å². The Balaban J connectivity index is 1.74. The summed E-state index contributed by atoms with van der Waals surface area (Å²) in [6, 6.07) is 7.22. The molecule has 0 aliphatic carbocycles. The van der Waals surface area contributed by atoms with E-state index < -0.39 is 0 Å². The Bertz CT molecular complexity index is 369. The molecule has 3 N–H and O–H groups in total. The van der Waals surface area contributed by atoms with Gasteiger partial charge in [-0.3, -0.25) is 4.79 Å². The molecule has 1 aromatic carbocycles. The van der Waals surface area contributed by atoms with E-state index in [2.05, 4.69) is 10.2 Å². The van der Waals surface area contributed by atoms with Crippen molar-refractivity contribution in [3.8, 4) is 0 Å². The summed E-state index contributed by atoms with van der Waals surface area (Å²) < 4.78 is 0. The fourth-order valence-electron chi connectivity index (χ4n) is 2.06. The highest BCUT2D eigenvalue weighted by Gasteiger charge is 2.12. The number of nitrogens with two attached hydrogens (primary N) is 1. The molecule has 0 aromatic heterocycles. The van der Waals surface area contributed by atoms with Gasteiger partial charge in [-0.15, -0.1) is 0 Å².